The molecule has 0 spiro atoms. The summed E-state index contributed by atoms with van der Waals surface area (Å²) in [4.78, 5) is 16.5. The number of aromatic amines is 1. The molecule has 0 aliphatic carbocycles. The second kappa shape index (κ2) is 7.11. The molecular weight excluding hydrogens is 280 g/mol. The molecule has 0 aromatic carbocycles. The molecule has 0 saturated heterocycles. The zero-order chi connectivity index (χ0) is 16.1. The summed E-state index contributed by atoms with van der Waals surface area (Å²) in [5, 5.41) is 14.3. The van der Waals surface area contributed by atoms with E-state index in [0.717, 1.165) is 12.1 Å². The largest absolute Gasteiger partial charge is 0.397 e. The second-order valence-electron chi connectivity index (χ2n) is 6.01. The summed E-state index contributed by atoms with van der Waals surface area (Å²) in [6.07, 6.45) is 2.98. The number of pyridine rings is 1. The number of Topliss-reactive ketones (excluding diaryl/α,β-unsaturated/α-hetero) is 1. The monoisotopic (exact) mass is 302 g/mol. The van der Waals surface area contributed by atoms with Crippen molar-refractivity contribution in [1.82, 2.24) is 25.6 Å². The Kier molecular flexibility index (Phi) is 5.19. The van der Waals surface area contributed by atoms with Crippen molar-refractivity contribution in [2.75, 3.05) is 5.73 Å². The van der Waals surface area contributed by atoms with Gasteiger partial charge in [0.2, 0.25) is 0 Å². The number of tetrazole rings is 1. The van der Waals surface area contributed by atoms with Crippen LogP contribution in [0.2, 0.25) is 0 Å². The minimum atomic E-state index is -0.156. The first-order valence-electron chi connectivity index (χ1n) is 7.41. The molecule has 2 atom stereocenters. The van der Waals surface area contributed by atoms with E-state index < -0.39 is 0 Å². The number of carbonyl (C=O) groups excluding carboxylic acids is 1. The van der Waals surface area contributed by atoms with Gasteiger partial charge in [0.1, 0.15) is 5.78 Å². The van der Waals surface area contributed by atoms with Crippen molar-refractivity contribution in [3.8, 4) is 0 Å². The zero-order valence-corrected chi connectivity index (χ0v) is 13.2. The Morgan fingerprint density at radius 2 is 2.14 bits per heavy atom. The third-order valence-corrected chi connectivity index (χ3v) is 3.70. The van der Waals surface area contributed by atoms with Gasteiger partial charge in [-0.1, -0.05) is 19.1 Å². The average molecular weight is 302 g/mol. The van der Waals surface area contributed by atoms with Crippen LogP contribution in [0.3, 0.4) is 0 Å². The molecule has 0 unspecified atom stereocenters. The molecule has 118 valence electrons. The van der Waals surface area contributed by atoms with Gasteiger partial charge in [-0.25, -0.2) is 0 Å². The fourth-order valence-electron chi connectivity index (χ4n) is 2.64. The van der Waals surface area contributed by atoms with Crippen LogP contribution in [0.5, 0.6) is 0 Å². The van der Waals surface area contributed by atoms with Gasteiger partial charge in [-0.05, 0) is 31.4 Å². The highest BCUT2D eigenvalue weighted by atomic mass is 16.1. The number of hydrogen-bond donors (Lipinski definition) is 2. The lowest BCUT2D eigenvalue weighted by Crippen LogP contribution is -2.25. The van der Waals surface area contributed by atoms with Gasteiger partial charge in [0.15, 0.2) is 5.82 Å². The van der Waals surface area contributed by atoms with Gasteiger partial charge in [-0.3, -0.25) is 9.78 Å². The van der Waals surface area contributed by atoms with Gasteiger partial charge >= 0.3 is 0 Å². The van der Waals surface area contributed by atoms with Crippen molar-refractivity contribution < 1.29 is 4.79 Å². The quantitative estimate of drug-likeness (QED) is 0.806. The van der Waals surface area contributed by atoms with E-state index in [9.17, 15) is 4.79 Å². The molecule has 7 nitrogen and oxygen atoms in total. The Morgan fingerprint density at radius 1 is 1.36 bits per heavy atom. The predicted octanol–water partition coefficient (Wildman–Crippen LogP) is 1.75. The summed E-state index contributed by atoms with van der Waals surface area (Å²) in [6, 6.07) is 3.68. The summed E-state index contributed by atoms with van der Waals surface area (Å²) >= 11 is 0. The van der Waals surface area contributed by atoms with Crippen molar-refractivity contribution in [2.24, 2.45) is 11.8 Å². The molecule has 7 heteroatoms. The molecule has 0 fully saturated rings. The van der Waals surface area contributed by atoms with Gasteiger partial charge in [0.25, 0.3) is 0 Å². The van der Waals surface area contributed by atoms with E-state index in [-0.39, 0.29) is 17.6 Å². The van der Waals surface area contributed by atoms with Crippen molar-refractivity contribution in [3.63, 3.8) is 0 Å². The lowest BCUT2D eigenvalue weighted by Gasteiger charge is -2.24. The SMILES string of the molecule is CC(=O)[C@@H](CC(C)C)[C@H](Cc1ccc(N)cn1)c1nn[nH]n1. The van der Waals surface area contributed by atoms with E-state index in [1.54, 1.807) is 19.2 Å². The minimum Gasteiger partial charge on any atom is -0.397 e. The van der Waals surface area contributed by atoms with Gasteiger partial charge in [0.05, 0.1) is 11.9 Å². The highest BCUT2D eigenvalue weighted by molar-refractivity contribution is 5.79. The molecule has 22 heavy (non-hydrogen) atoms. The number of ketones is 1. The number of aromatic nitrogens is 5. The fourth-order valence-corrected chi connectivity index (χ4v) is 2.64. The van der Waals surface area contributed by atoms with Crippen molar-refractivity contribution in [2.45, 2.75) is 39.5 Å². The van der Waals surface area contributed by atoms with Gasteiger partial charge in [-0.15, -0.1) is 10.2 Å². The molecule has 0 amide bonds. The van der Waals surface area contributed by atoms with Crippen LogP contribution in [0.25, 0.3) is 0 Å². The molecule has 2 rings (SSSR count). The number of anilines is 1. The van der Waals surface area contributed by atoms with E-state index in [1.165, 1.54) is 0 Å². The van der Waals surface area contributed by atoms with E-state index in [1.807, 2.05) is 6.07 Å². The lowest BCUT2D eigenvalue weighted by atomic mass is 9.80. The minimum absolute atomic E-state index is 0.138. The summed E-state index contributed by atoms with van der Waals surface area (Å²) in [7, 11) is 0. The number of H-pyrrole nitrogens is 1. The standard InChI is InChI=1S/C15H22N6O/c1-9(2)6-13(10(3)22)14(15-18-20-21-19-15)7-12-5-4-11(16)8-17-12/h4-5,8-9,13-14H,6-7,16H2,1-3H3,(H,18,19,20,21)/t13-,14+/m1/s1. The van der Waals surface area contributed by atoms with Crippen molar-refractivity contribution in [1.29, 1.82) is 0 Å². The van der Waals surface area contributed by atoms with Gasteiger partial charge in [-0.2, -0.15) is 5.21 Å². The molecule has 0 radical (unpaired) electrons. The first kappa shape index (κ1) is 16.1. The summed E-state index contributed by atoms with van der Waals surface area (Å²) in [5.74, 6) is 0.799. The zero-order valence-electron chi connectivity index (χ0n) is 13.2. The number of nitrogens with one attached hydrogen (secondary N) is 1. The molecule has 3 N–H and O–H groups in total. The number of hydrogen-bond acceptors (Lipinski definition) is 6. The molecule has 2 aromatic heterocycles. The van der Waals surface area contributed by atoms with Crippen LogP contribution in [-0.2, 0) is 11.2 Å². The maximum atomic E-state index is 12.1. The number of rotatable bonds is 7. The van der Waals surface area contributed by atoms with E-state index in [0.29, 0.717) is 23.9 Å². The maximum Gasteiger partial charge on any atom is 0.178 e. The second-order valence-corrected chi connectivity index (χ2v) is 6.01. The molecule has 2 heterocycles. The summed E-state index contributed by atoms with van der Waals surface area (Å²) in [6.45, 7) is 5.83. The number of carbonyl (C=O) groups is 1. The van der Waals surface area contributed by atoms with Gasteiger partial charge in [0, 0.05) is 24.0 Å². The third-order valence-electron chi connectivity index (χ3n) is 3.70. The normalized spacial score (nSPS) is 14.0. The Balaban J connectivity index is 2.29. The highest BCUT2D eigenvalue weighted by Crippen LogP contribution is 2.31. The molecule has 0 saturated carbocycles. The first-order chi connectivity index (χ1) is 10.5. The molecular formula is C15H22N6O. The van der Waals surface area contributed by atoms with E-state index in [4.69, 9.17) is 5.73 Å². The van der Waals surface area contributed by atoms with Crippen LogP contribution < -0.4 is 5.73 Å². The highest BCUT2D eigenvalue weighted by Gasteiger charge is 2.31. The average Bonchev–Trinajstić information content (AvgIpc) is 2.98. The number of nitrogens with two attached hydrogens (primary N) is 1. The van der Waals surface area contributed by atoms with Crippen LogP contribution >= 0.6 is 0 Å². The summed E-state index contributed by atoms with van der Waals surface area (Å²) in [5.41, 5.74) is 7.15. The van der Waals surface area contributed by atoms with Crippen LogP contribution in [0.15, 0.2) is 18.3 Å². The topological polar surface area (TPSA) is 110 Å². The Labute approximate surface area is 129 Å². The smallest absolute Gasteiger partial charge is 0.178 e. The van der Waals surface area contributed by atoms with Gasteiger partial charge < -0.3 is 5.73 Å². The predicted molar refractivity (Wildman–Crippen MR) is 82.9 cm³/mol. The summed E-state index contributed by atoms with van der Waals surface area (Å²) < 4.78 is 0. The Hall–Kier alpha value is -2.31. The third kappa shape index (κ3) is 4.09. The number of nitrogen functional groups attached to an aromatic ring is 1. The molecule has 2 aromatic rings. The van der Waals surface area contributed by atoms with Crippen LogP contribution in [0.4, 0.5) is 5.69 Å². The maximum absolute atomic E-state index is 12.1. The van der Waals surface area contributed by atoms with Crippen LogP contribution in [-0.4, -0.2) is 31.4 Å². The lowest BCUT2D eigenvalue weighted by molar-refractivity contribution is -0.122. The molecule has 0 aliphatic rings. The molecule has 0 bridgehead atoms. The van der Waals surface area contributed by atoms with Crippen LogP contribution in [0.1, 0.15) is 44.6 Å². The number of nitrogens with zero attached hydrogens (tertiary/aromatic N) is 4. The van der Waals surface area contributed by atoms with Crippen molar-refractivity contribution >= 4 is 11.5 Å². The van der Waals surface area contributed by atoms with Crippen LogP contribution in [0, 0.1) is 11.8 Å². The molecule has 0 aliphatic heterocycles. The van der Waals surface area contributed by atoms with Crippen molar-refractivity contribution in [3.05, 3.63) is 29.8 Å². The fraction of sp³-hybridized carbons (Fsp3) is 0.533. The Morgan fingerprint density at radius 3 is 2.64 bits per heavy atom. The Bertz CT molecular complexity index is 593. The first-order valence-corrected chi connectivity index (χ1v) is 7.41. The van der Waals surface area contributed by atoms with E-state index >= 15 is 0 Å². The van der Waals surface area contributed by atoms with E-state index in [2.05, 4.69) is 39.5 Å².